The molecule has 1 heterocycles. The number of hydrogen-bond acceptors (Lipinski definition) is 4. The number of rotatable bonds is 7. The second-order valence-electron chi connectivity index (χ2n) is 5.42. The highest BCUT2D eigenvalue weighted by atomic mass is 15.2. The van der Waals surface area contributed by atoms with E-state index in [-0.39, 0.29) is 6.04 Å². The maximum Gasteiger partial charge on any atom is 0.225 e. The van der Waals surface area contributed by atoms with Crippen LogP contribution in [-0.4, -0.2) is 29.6 Å². The summed E-state index contributed by atoms with van der Waals surface area (Å²) in [5, 5.41) is 0. The van der Waals surface area contributed by atoms with Gasteiger partial charge in [0, 0.05) is 32.0 Å². The summed E-state index contributed by atoms with van der Waals surface area (Å²) in [4.78, 5) is 11.0. The zero-order valence-corrected chi connectivity index (χ0v) is 12.9. The molecule has 4 nitrogen and oxygen atoms in total. The molecule has 0 aliphatic rings. The minimum Gasteiger partial charge on any atom is -0.344 e. The van der Waals surface area contributed by atoms with Crippen LogP contribution >= 0.6 is 0 Å². The molecule has 1 unspecified atom stereocenters. The fourth-order valence-electron chi connectivity index (χ4n) is 2.14. The number of likely N-dealkylation sites (N-methyl/N-ethyl adjacent to an activating group) is 1. The molecule has 0 radical (unpaired) electrons. The van der Waals surface area contributed by atoms with Gasteiger partial charge in [0.1, 0.15) is 0 Å². The molecule has 2 N–H and O–H groups in total. The third-order valence-corrected chi connectivity index (χ3v) is 3.63. The van der Waals surface area contributed by atoms with Crippen molar-refractivity contribution >= 4 is 5.95 Å². The molecule has 0 aliphatic heterocycles. The lowest BCUT2D eigenvalue weighted by Crippen LogP contribution is -2.24. The van der Waals surface area contributed by atoms with Crippen molar-refractivity contribution in [1.29, 1.82) is 0 Å². The first-order valence-corrected chi connectivity index (χ1v) is 7.50. The predicted octanol–water partition coefficient (Wildman–Crippen LogP) is 2.44. The van der Waals surface area contributed by atoms with Crippen molar-refractivity contribution in [3.63, 3.8) is 0 Å². The summed E-state index contributed by atoms with van der Waals surface area (Å²) in [5.74, 6) is 0.764. The van der Waals surface area contributed by atoms with Crippen LogP contribution in [0.15, 0.2) is 42.7 Å². The van der Waals surface area contributed by atoms with Crippen LogP contribution in [0.4, 0.5) is 5.95 Å². The lowest BCUT2D eigenvalue weighted by molar-refractivity contribution is 0.643. The van der Waals surface area contributed by atoms with E-state index in [4.69, 9.17) is 5.73 Å². The number of hydrogen-bond donors (Lipinski definition) is 1. The van der Waals surface area contributed by atoms with Crippen LogP contribution < -0.4 is 10.6 Å². The molecule has 0 bridgehead atoms. The van der Waals surface area contributed by atoms with Crippen LogP contribution in [0.25, 0.3) is 0 Å². The molecule has 21 heavy (non-hydrogen) atoms. The number of anilines is 1. The summed E-state index contributed by atoms with van der Waals surface area (Å²) in [6, 6.07) is 10.6. The standard InChI is InChI=1S/C17H24N4/c1-3-16(18)11-15-12-19-17(20-13-15)21(2)10-9-14-7-5-4-6-8-14/h4-8,12-13,16H,3,9-11,18H2,1-2H3. The van der Waals surface area contributed by atoms with Crippen LogP contribution in [0.5, 0.6) is 0 Å². The van der Waals surface area contributed by atoms with Crippen molar-refractivity contribution in [3.05, 3.63) is 53.9 Å². The second kappa shape index (κ2) is 7.74. The fourth-order valence-corrected chi connectivity index (χ4v) is 2.14. The van der Waals surface area contributed by atoms with Crippen molar-refractivity contribution < 1.29 is 0 Å². The van der Waals surface area contributed by atoms with Crippen molar-refractivity contribution in [1.82, 2.24) is 9.97 Å². The molecule has 0 saturated heterocycles. The van der Waals surface area contributed by atoms with Gasteiger partial charge in [-0.2, -0.15) is 0 Å². The van der Waals surface area contributed by atoms with E-state index in [1.54, 1.807) is 0 Å². The van der Waals surface area contributed by atoms with E-state index in [0.29, 0.717) is 0 Å². The Balaban J connectivity index is 1.89. The van der Waals surface area contributed by atoms with Crippen LogP contribution in [-0.2, 0) is 12.8 Å². The summed E-state index contributed by atoms with van der Waals surface area (Å²) in [6.07, 6.45) is 6.57. The number of aromatic nitrogens is 2. The summed E-state index contributed by atoms with van der Waals surface area (Å²) in [7, 11) is 2.02. The van der Waals surface area contributed by atoms with E-state index in [9.17, 15) is 0 Å². The molecule has 0 saturated carbocycles. The van der Waals surface area contributed by atoms with Crippen molar-refractivity contribution in [2.75, 3.05) is 18.5 Å². The largest absolute Gasteiger partial charge is 0.344 e. The molecule has 2 aromatic rings. The molecule has 112 valence electrons. The molecule has 1 aromatic heterocycles. The van der Waals surface area contributed by atoms with E-state index in [1.165, 1.54) is 5.56 Å². The summed E-state index contributed by atoms with van der Waals surface area (Å²) in [5.41, 5.74) is 8.38. The second-order valence-corrected chi connectivity index (χ2v) is 5.42. The third-order valence-electron chi connectivity index (χ3n) is 3.63. The van der Waals surface area contributed by atoms with Crippen LogP contribution in [0.3, 0.4) is 0 Å². The van der Waals surface area contributed by atoms with Crippen molar-refractivity contribution in [3.8, 4) is 0 Å². The number of nitrogens with two attached hydrogens (primary N) is 1. The molecule has 0 spiro atoms. The molecule has 2 rings (SSSR count). The monoisotopic (exact) mass is 284 g/mol. The Bertz CT molecular complexity index is 524. The highest BCUT2D eigenvalue weighted by Gasteiger charge is 2.06. The SMILES string of the molecule is CCC(N)Cc1cnc(N(C)CCc2ccccc2)nc1. The molecular formula is C17H24N4. The van der Waals surface area contributed by atoms with Crippen LogP contribution in [0.1, 0.15) is 24.5 Å². The van der Waals surface area contributed by atoms with Gasteiger partial charge in [0.15, 0.2) is 0 Å². The number of nitrogens with zero attached hydrogens (tertiary/aromatic N) is 3. The zero-order chi connectivity index (χ0) is 15.1. The van der Waals surface area contributed by atoms with E-state index in [2.05, 4.69) is 46.1 Å². The lowest BCUT2D eigenvalue weighted by atomic mass is 10.1. The minimum atomic E-state index is 0.190. The highest BCUT2D eigenvalue weighted by molar-refractivity contribution is 5.29. The Morgan fingerprint density at radius 3 is 2.38 bits per heavy atom. The average molecular weight is 284 g/mol. The minimum absolute atomic E-state index is 0.190. The average Bonchev–Trinajstić information content (AvgIpc) is 2.54. The van der Waals surface area contributed by atoms with Gasteiger partial charge in [-0.3, -0.25) is 0 Å². The molecule has 0 aliphatic carbocycles. The molecular weight excluding hydrogens is 260 g/mol. The van der Waals surface area contributed by atoms with Gasteiger partial charge in [0.05, 0.1) is 0 Å². The summed E-state index contributed by atoms with van der Waals surface area (Å²) >= 11 is 0. The summed E-state index contributed by atoms with van der Waals surface area (Å²) in [6.45, 7) is 3.00. The van der Waals surface area contributed by atoms with E-state index in [1.807, 2.05) is 25.5 Å². The summed E-state index contributed by atoms with van der Waals surface area (Å²) < 4.78 is 0. The Hall–Kier alpha value is -1.94. The van der Waals surface area contributed by atoms with Gasteiger partial charge in [-0.05, 0) is 30.4 Å². The Labute approximate surface area is 127 Å². The maximum atomic E-state index is 5.95. The van der Waals surface area contributed by atoms with Crippen LogP contribution in [0.2, 0.25) is 0 Å². The predicted molar refractivity (Wildman–Crippen MR) is 87.4 cm³/mol. The first kappa shape index (κ1) is 15.4. The lowest BCUT2D eigenvalue weighted by Gasteiger charge is -2.17. The van der Waals surface area contributed by atoms with Gasteiger partial charge in [-0.15, -0.1) is 0 Å². The fraction of sp³-hybridized carbons (Fsp3) is 0.412. The van der Waals surface area contributed by atoms with Gasteiger partial charge >= 0.3 is 0 Å². The van der Waals surface area contributed by atoms with Gasteiger partial charge in [-0.25, -0.2) is 9.97 Å². The van der Waals surface area contributed by atoms with Gasteiger partial charge in [0.2, 0.25) is 5.95 Å². The molecule has 1 aromatic carbocycles. The zero-order valence-electron chi connectivity index (χ0n) is 12.9. The smallest absolute Gasteiger partial charge is 0.225 e. The van der Waals surface area contributed by atoms with Crippen molar-refractivity contribution in [2.45, 2.75) is 32.2 Å². The first-order valence-electron chi connectivity index (χ1n) is 7.50. The molecule has 0 amide bonds. The van der Waals surface area contributed by atoms with Crippen molar-refractivity contribution in [2.24, 2.45) is 5.73 Å². The van der Waals surface area contributed by atoms with Gasteiger partial charge in [-0.1, -0.05) is 37.3 Å². The maximum absolute atomic E-state index is 5.95. The third kappa shape index (κ3) is 4.83. The Morgan fingerprint density at radius 1 is 1.10 bits per heavy atom. The normalized spacial score (nSPS) is 12.1. The topological polar surface area (TPSA) is 55.0 Å². The quantitative estimate of drug-likeness (QED) is 0.848. The Kier molecular flexibility index (Phi) is 5.69. The first-order chi connectivity index (χ1) is 10.2. The molecule has 4 heteroatoms. The highest BCUT2D eigenvalue weighted by Crippen LogP contribution is 2.09. The van der Waals surface area contributed by atoms with E-state index >= 15 is 0 Å². The Morgan fingerprint density at radius 2 is 1.76 bits per heavy atom. The molecule has 1 atom stereocenters. The van der Waals surface area contributed by atoms with Gasteiger partial charge < -0.3 is 10.6 Å². The van der Waals surface area contributed by atoms with Gasteiger partial charge in [0.25, 0.3) is 0 Å². The molecule has 0 fully saturated rings. The van der Waals surface area contributed by atoms with Crippen LogP contribution in [0, 0.1) is 0 Å². The van der Waals surface area contributed by atoms with E-state index in [0.717, 1.165) is 37.3 Å². The van der Waals surface area contributed by atoms with E-state index < -0.39 is 0 Å². The number of benzene rings is 1.